The number of unbranched alkanes of at least 4 members (excludes halogenated alkanes) is 11. The number of carboxylic acid groups (broad SMARTS) is 1. The van der Waals surface area contributed by atoms with Crippen LogP contribution < -0.4 is 0 Å². The normalized spacial score (nSPS) is 12.6. The van der Waals surface area contributed by atoms with Gasteiger partial charge in [0.2, 0.25) is 0 Å². The third-order valence-corrected chi connectivity index (χ3v) is 4.74. The largest absolute Gasteiger partial charge is 0.479 e. The maximum atomic E-state index is 11.4. The summed E-state index contributed by atoms with van der Waals surface area (Å²) in [5, 5.41) is 8.67. The first kappa shape index (κ1) is 26.4. The van der Waals surface area contributed by atoms with Crippen LogP contribution in [-0.4, -0.2) is 23.1 Å². The predicted molar refractivity (Wildman–Crippen MR) is 116 cm³/mol. The number of allylic oxidation sites excluding steroid dienone is 4. The van der Waals surface area contributed by atoms with E-state index in [-0.39, 0.29) is 0 Å². The molecular formula is C24H42O4. The van der Waals surface area contributed by atoms with E-state index in [2.05, 4.69) is 31.2 Å². The third kappa shape index (κ3) is 19.2. The fourth-order valence-electron chi connectivity index (χ4n) is 2.92. The van der Waals surface area contributed by atoms with Gasteiger partial charge in [0.15, 0.2) is 6.10 Å². The number of ether oxygens (including phenoxy) is 1. The van der Waals surface area contributed by atoms with Crippen molar-refractivity contribution in [3.8, 4) is 0 Å². The molecule has 0 spiro atoms. The molecule has 0 aromatic carbocycles. The summed E-state index contributed by atoms with van der Waals surface area (Å²) in [4.78, 5) is 22.0. The molecular weight excluding hydrogens is 352 g/mol. The number of carbonyl (C=O) groups excluding carboxylic acids is 1. The van der Waals surface area contributed by atoms with E-state index in [9.17, 15) is 9.59 Å². The number of rotatable bonds is 19. The minimum Gasteiger partial charge on any atom is -0.479 e. The first-order valence-electron chi connectivity index (χ1n) is 11.3. The molecule has 1 N–H and O–H groups in total. The van der Waals surface area contributed by atoms with E-state index in [1.54, 1.807) is 0 Å². The Labute approximate surface area is 172 Å². The van der Waals surface area contributed by atoms with Crippen LogP contribution in [0, 0.1) is 0 Å². The minimum atomic E-state index is -1.10. The van der Waals surface area contributed by atoms with Crippen molar-refractivity contribution in [3.63, 3.8) is 0 Å². The summed E-state index contributed by atoms with van der Waals surface area (Å²) in [5.74, 6) is -1.51. The van der Waals surface area contributed by atoms with Crippen LogP contribution in [-0.2, 0) is 14.3 Å². The maximum Gasteiger partial charge on any atom is 0.344 e. The van der Waals surface area contributed by atoms with Crippen LogP contribution in [0.2, 0.25) is 0 Å². The van der Waals surface area contributed by atoms with Gasteiger partial charge in [-0.3, -0.25) is 4.79 Å². The second-order valence-electron chi connectivity index (χ2n) is 7.51. The number of aliphatic carboxylic acids is 1. The number of carboxylic acids is 1. The molecule has 4 nitrogen and oxygen atoms in total. The molecule has 1 unspecified atom stereocenters. The fraction of sp³-hybridized carbons (Fsp3) is 0.750. The number of esters is 1. The zero-order valence-electron chi connectivity index (χ0n) is 18.2. The average molecular weight is 395 g/mol. The Bertz CT molecular complexity index is 440. The highest BCUT2D eigenvalue weighted by molar-refractivity contribution is 5.77. The highest BCUT2D eigenvalue weighted by Gasteiger charge is 2.15. The molecule has 0 saturated heterocycles. The Morgan fingerprint density at radius 2 is 1.29 bits per heavy atom. The summed E-state index contributed by atoms with van der Waals surface area (Å²) in [6.07, 6.45) is 25.1. The summed E-state index contributed by atoms with van der Waals surface area (Å²) in [6, 6.07) is 0. The molecule has 0 aliphatic rings. The van der Waals surface area contributed by atoms with Gasteiger partial charge in [-0.05, 0) is 45.4 Å². The summed E-state index contributed by atoms with van der Waals surface area (Å²) >= 11 is 0. The standard InChI is InChI=1S/C24H42O4/c1-3-4-5-6-7-8-9-10-11-12-13-14-15-16-17-18-19-20-21-23(25)28-22(2)24(26)27/h8-9,11-12,22H,3-7,10,13-21H2,1-2H3,(H,26,27)/b9-8-,12-11-. The second kappa shape index (κ2) is 20.2. The zero-order valence-corrected chi connectivity index (χ0v) is 18.2. The van der Waals surface area contributed by atoms with E-state index in [1.165, 1.54) is 64.7 Å². The summed E-state index contributed by atoms with van der Waals surface area (Å²) < 4.78 is 4.80. The lowest BCUT2D eigenvalue weighted by atomic mass is 10.1. The van der Waals surface area contributed by atoms with Gasteiger partial charge in [-0.2, -0.15) is 0 Å². The average Bonchev–Trinajstić information content (AvgIpc) is 2.66. The molecule has 0 heterocycles. The Morgan fingerprint density at radius 3 is 1.82 bits per heavy atom. The molecule has 0 amide bonds. The molecule has 0 radical (unpaired) electrons. The second-order valence-corrected chi connectivity index (χ2v) is 7.51. The molecule has 4 heteroatoms. The molecule has 0 aromatic rings. The first-order chi connectivity index (χ1) is 13.6. The zero-order chi connectivity index (χ0) is 20.9. The van der Waals surface area contributed by atoms with Gasteiger partial charge in [0, 0.05) is 6.42 Å². The first-order valence-corrected chi connectivity index (χ1v) is 11.3. The fourth-order valence-corrected chi connectivity index (χ4v) is 2.92. The molecule has 0 aliphatic heterocycles. The van der Waals surface area contributed by atoms with Crippen LogP contribution in [0.15, 0.2) is 24.3 Å². The smallest absolute Gasteiger partial charge is 0.344 e. The maximum absolute atomic E-state index is 11.4. The number of hydrogen-bond acceptors (Lipinski definition) is 3. The molecule has 0 saturated carbocycles. The van der Waals surface area contributed by atoms with Crippen LogP contribution in [0.25, 0.3) is 0 Å². The minimum absolute atomic E-state index is 0.315. The highest BCUT2D eigenvalue weighted by atomic mass is 16.6. The van der Waals surface area contributed by atoms with Gasteiger partial charge >= 0.3 is 11.9 Å². The Morgan fingerprint density at radius 1 is 0.786 bits per heavy atom. The Kier molecular flexibility index (Phi) is 19.0. The Hall–Kier alpha value is -1.58. The van der Waals surface area contributed by atoms with Crippen molar-refractivity contribution in [2.24, 2.45) is 0 Å². The van der Waals surface area contributed by atoms with Crippen LogP contribution >= 0.6 is 0 Å². The molecule has 0 aliphatic carbocycles. The molecule has 28 heavy (non-hydrogen) atoms. The topological polar surface area (TPSA) is 63.6 Å². The lowest BCUT2D eigenvalue weighted by molar-refractivity contribution is -0.162. The van der Waals surface area contributed by atoms with Crippen molar-refractivity contribution >= 4 is 11.9 Å². The van der Waals surface area contributed by atoms with Crippen LogP contribution in [0.4, 0.5) is 0 Å². The van der Waals surface area contributed by atoms with Gasteiger partial charge in [0.05, 0.1) is 0 Å². The Balaban J connectivity index is 3.32. The molecule has 0 bridgehead atoms. The van der Waals surface area contributed by atoms with Gasteiger partial charge in [-0.25, -0.2) is 4.79 Å². The quantitative estimate of drug-likeness (QED) is 0.146. The monoisotopic (exact) mass is 394 g/mol. The highest BCUT2D eigenvalue weighted by Crippen LogP contribution is 2.11. The van der Waals surface area contributed by atoms with Gasteiger partial charge < -0.3 is 9.84 Å². The van der Waals surface area contributed by atoms with Crippen LogP contribution in [0.1, 0.15) is 110 Å². The van der Waals surface area contributed by atoms with Crippen molar-refractivity contribution in [1.82, 2.24) is 0 Å². The molecule has 0 rings (SSSR count). The van der Waals surface area contributed by atoms with Gasteiger partial charge in [-0.15, -0.1) is 0 Å². The van der Waals surface area contributed by atoms with E-state index in [1.807, 2.05) is 0 Å². The van der Waals surface area contributed by atoms with Crippen molar-refractivity contribution in [2.75, 3.05) is 0 Å². The van der Waals surface area contributed by atoms with E-state index in [4.69, 9.17) is 9.84 Å². The van der Waals surface area contributed by atoms with Crippen molar-refractivity contribution in [1.29, 1.82) is 0 Å². The number of hydrogen-bond donors (Lipinski definition) is 1. The van der Waals surface area contributed by atoms with Gasteiger partial charge in [-0.1, -0.05) is 82.6 Å². The summed E-state index contributed by atoms with van der Waals surface area (Å²) in [6.45, 7) is 3.62. The molecule has 162 valence electrons. The SMILES string of the molecule is CCCCCC/C=C\C/C=C\CCCCCCCCCC(=O)OC(C)C(=O)O. The van der Waals surface area contributed by atoms with Crippen molar-refractivity contribution < 1.29 is 19.4 Å². The third-order valence-electron chi connectivity index (χ3n) is 4.74. The van der Waals surface area contributed by atoms with Crippen LogP contribution in [0.3, 0.4) is 0 Å². The van der Waals surface area contributed by atoms with Crippen molar-refractivity contribution in [2.45, 2.75) is 116 Å². The molecule has 0 fully saturated rings. The van der Waals surface area contributed by atoms with E-state index in [0.29, 0.717) is 6.42 Å². The predicted octanol–water partition coefficient (Wildman–Crippen LogP) is 6.99. The molecule has 0 aromatic heterocycles. The van der Waals surface area contributed by atoms with Gasteiger partial charge in [0.25, 0.3) is 0 Å². The lowest BCUT2D eigenvalue weighted by Crippen LogP contribution is -2.23. The summed E-state index contributed by atoms with van der Waals surface area (Å²) in [5.41, 5.74) is 0. The van der Waals surface area contributed by atoms with E-state index < -0.39 is 18.0 Å². The summed E-state index contributed by atoms with van der Waals surface area (Å²) in [7, 11) is 0. The van der Waals surface area contributed by atoms with Gasteiger partial charge in [0.1, 0.15) is 0 Å². The van der Waals surface area contributed by atoms with E-state index >= 15 is 0 Å². The van der Waals surface area contributed by atoms with Crippen molar-refractivity contribution in [3.05, 3.63) is 24.3 Å². The van der Waals surface area contributed by atoms with Crippen LogP contribution in [0.5, 0.6) is 0 Å². The number of carbonyl (C=O) groups is 2. The van der Waals surface area contributed by atoms with E-state index in [0.717, 1.165) is 32.1 Å². The molecule has 1 atom stereocenters. The lowest BCUT2D eigenvalue weighted by Gasteiger charge is -2.08.